The van der Waals surface area contributed by atoms with E-state index in [1.165, 1.54) is 11.4 Å². The van der Waals surface area contributed by atoms with Crippen molar-refractivity contribution < 1.29 is 9.31 Å². The summed E-state index contributed by atoms with van der Waals surface area (Å²) in [7, 11) is 4.55. The van der Waals surface area contributed by atoms with E-state index in [1.807, 2.05) is 12.1 Å². The minimum atomic E-state index is 0.207. The van der Waals surface area contributed by atoms with Gasteiger partial charge in [-0.1, -0.05) is 12.1 Å². The molecule has 0 amide bonds. The summed E-state index contributed by atoms with van der Waals surface area (Å²) in [5.41, 5.74) is 2.43. The molecule has 0 unspecified atom stereocenters. The molecule has 0 spiro atoms. The molecule has 6 nitrogen and oxygen atoms in total. The highest BCUT2D eigenvalue weighted by Crippen LogP contribution is 2.24. The minimum Gasteiger partial charge on any atom is -0.528 e. The standard InChI is InChI=1S/C22H31BN4O2/c1-24-9-13-26(14-10-24)19-5-3-7-21(17-19)28-23-29-22-8-4-6-20(18-22)27-15-11-25(2)12-16-27/h3-8,17-18,23H,9-16H2,1-2H3. The SMILES string of the molecule is CN1CCN(c2cccc(OBOc3cccc(N4CCN(C)CC4)c3)c2)CC1. The van der Waals surface area contributed by atoms with E-state index in [0.717, 1.165) is 63.9 Å². The van der Waals surface area contributed by atoms with Gasteiger partial charge < -0.3 is 28.9 Å². The number of piperazine rings is 2. The monoisotopic (exact) mass is 394 g/mol. The molecule has 0 aliphatic carbocycles. The maximum atomic E-state index is 5.88. The zero-order valence-electron chi connectivity index (χ0n) is 17.6. The fraction of sp³-hybridized carbons (Fsp3) is 0.455. The Balaban J connectivity index is 1.30. The molecule has 7 heteroatoms. The lowest BCUT2D eigenvalue weighted by Crippen LogP contribution is -2.44. The average molecular weight is 394 g/mol. The second-order valence-corrected chi connectivity index (χ2v) is 7.98. The van der Waals surface area contributed by atoms with E-state index >= 15 is 0 Å². The Labute approximate surface area is 174 Å². The summed E-state index contributed by atoms with van der Waals surface area (Å²) >= 11 is 0. The Morgan fingerprint density at radius 2 is 1.03 bits per heavy atom. The molecule has 2 fully saturated rings. The largest absolute Gasteiger partial charge is 0.576 e. The lowest BCUT2D eigenvalue weighted by Gasteiger charge is -2.34. The van der Waals surface area contributed by atoms with Crippen LogP contribution in [0.3, 0.4) is 0 Å². The molecule has 2 aliphatic rings. The van der Waals surface area contributed by atoms with Crippen LogP contribution < -0.4 is 19.1 Å². The lowest BCUT2D eigenvalue weighted by atomic mass is 10.2. The van der Waals surface area contributed by atoms with Crippen LogP contribution in [-0.2, 0) is 0 Å². The second-order valence-electron chi connectivity index (χ2n) is 7.98. The van der Waals surface area contributed by atoms with Crippen molar-refractivity contribution in [3.05, 3.63) is 48.5 Å². The summed E-state index contributed by atoms with van der Waals surface area (Å²) in [5.74, 6) is 1.69. The Bertz CT molecular complexity index is 724. The Hall–Kier alpha value is -2.38. The van der Waals surface area contributed by atoms with Gasteiger partial charge in [-0.05, 0) is 38.4 Å². The number of rotatable bonds is 6. The van der Waals surface area contributed by atoms with Crippen LogP contribution in [0.25, 0.3) is 0 Å². The van der Waals surface area contributed by atoms with E-state index in [4.69, 9.17) is 9.31 Å². The van der Waals surface area contributed by atoms with Crippen molar-refractivity contribution in [1.82, 2.24) is 9.80 Å². The molecule has 0 atom stereocenters. The third-order valence-corrected chi connectivity index (χ3v) is 5.82. The molecule has 2 saturated heterocycles. The van der Waals surface area contributed by atoms with Gasteiger partial charge in [-0.25, -0.2) is 0 Å². The van der Waals surface area contributed by atoms with E-state index in [2.05, 4.69) is 70.1 Å². The van der Waals surface area contributed by atoms with Gasteiger partial charge in [-0.3, -0.25) is 0 Å². The fourth-order valence-electron chi connectivity index (χ4n) is 3.83. The van der Waals surface area contributed by atoms with Crippen LogP contribution in [0.15, 0.2) is 48.5 Å². The molecule has 2 heterocycles. The highest BCUT2D eigenvalue weighted by atomic mass is 16.6. The van der Waals surface area contributed by atoms with Gasteiger partial charge in [0.2, 0.25) is 0 Å². The van der Waals surface area contributed by atoms with Crippen molar-refractivity contribution >= 4 is 19.1 Å². The number of anilines is 2. The van der Waals surface area contributed by atoms with E-state index in [1.54, 1.807) is 0 Å². The second kappa shape index (κ2) is 9.42. The Kier molecular flexibility index (Phi) is 6.47. The lowest BCUT2D eigenvalue weighted by molar-refractivity contribution is 0.312. The summed E-state index contributed by atoms with van der Waals surface area (Å²) in [6.07, 6.45) is 0. The van der Waals surface area contributed by atoms with Crippen molar-refractivity contribution in [1.29, 1.82) is 0 Å². The first-order valence-electron chi connectivity index (χ1n) is 10.5. The molecule has 0 N–H and O–H groups in total. The highest BCUT2D eigenvalue weighted by Gasteiger charge is 2.16. The van der Waals surface area contributed by atoms with Crippen LogP contribution in [0.4, 0.5) is 11.4 Å². The van der Waals surface area contributed by atoms with Gasteiger partial charge in [0.05, 0.1) is 0 Å². The van der Waals surface area contributed by atoms with Crippen LogP contribution in [0.5, 0.6) is 11.5 Å². The number of benzene rings is 2. The van der Waals surface area contributed by atoms with Crippen molar-refractivity contribution in [3.63, 3.8) is 0 Å². The van der Waals surface area contributed by atoms with Gasteiger partial charge >= 0.3 is 7.69 Å². The van der Waals surface area contributed by atoms with Gasteiger partial charge in [-0.15, -0.1) is 0 Å². The Morgan fingerprint density at radius 3 is 1.45 bits per heavy atom. The zero-order chi connectivity index (χ0) is 20.1. The molecule has 0 bridgehead atoms. The number of likely N-dealkylation sites (N-methyl/N-ethyl adjacent to an activating group) is 2. The average Bonchev–Trinajstić information content (AvgIpc) is 2.75. The van der Waals surface area contributed by atoms with Gasteiger partial charge in [0.1, 0.15) is 11.5 Å². The van der Waals surface area contributed by atoms with Crippen molar-refractivity contribution in [2.24, 2.45) is 0 Å². The third kappa shape index (κ3) is 5.37. The van der Waals surface area contributed by atoms with E-state index in [9.17, 15) is 0 Å². The van der Waals surface area contributed by atoms with Crippen molar-refractivity contribution in [2.45, 2.75) is 0 Å². The Morgan fingerprint density at radius 1 is 0.621 bits per heavy atom. The first kappa shape index (κ1) is 19.9. The molecule has 2 aromatic rings. The number of hydrogen-bond acceptors (Lipinski definition) is 6. The molecule has 2 aromatic carbocycles. The molecule has 2 aliphatic heterocycles. The maximum absolute atomic E-state index is 5.88. The third-order valence-electron chi connectivity index (χ3n) is 5.82. The summed E-state index contributed by atoms with van der Waals surface area (Å²) in [6, 6.07) is 16.6. The molecule has 4 rings (SSSR count). The van der Waals surface area contributed by atoms with Gasteiger partial charge in [0.25, 0.3) is 0 Å². The van der Waals surface area contributed by atoms with Gasteiger partial charge in [0.15, 0.2) is 0 Å². The van der Waals surface area contributed by atoms with Crippen LogP contribution in [0, 0.1) is 0 Å². The van der Waals surface area contributed by atoms with Crippen LogP contribution in [0.1, 0.15) is 0 Å². The number of hydrogen-bond donors (Lipinski definition) is 0. The molecular weight excluding hydrogens is 363 g/mol. The van der Waals surface area contributed by atoms with Gasteiger partial charge in [0, 0.05) is 75.9 Å². The van der Waals surface area contributed by atoms with E-state index in [-0.39, 0.29) is 7.69 Å². The normalized spacial score (nSPS) is 18.6. The molecule has 29 heavy (non-hydrogen) atoms. The topological polar surface area (TPSA) is 31.4 Å². The van der Waals surface area contributed by atoms with E-state index < -0.39 is 0 Å². The van der Waals surface area contributed by atoms with E-state index in [0.29, 0.717) is 0 Å². The summed E-state index contributed by atoms with van der Waals surface area (Å²) in [5, 5.41) is 0. The zero-order valence-corrected chi connectivity index (χ0v) is 17.6. The summed E-state index contributed by atoms with van der Waals surface area (Å²) < 4.78 is 11.8. The quantitative estimate of drug-likeness (QED) is 0.696. The number of nitrogens with zero attached hydrogens (tertiary/aromatic N) is 4. The van der Waals surface area contributed by atoms with Crippen LogP contribution in [-0.4, -0.2) is 83.9 Å². The van der Waals surface area contributed by atoms with Gasteiger partial charge in [-0.2, -0.15) is 0 Å². The predicted molar refractivity (Wildman–Crippen MR) is 121 cm³/mol. The molecular formula is C22H31BN4O2. The van der Waals surface area contributed by atoms with Crippen LogP contribution >= 0.6 is 0 Å². The molecule has 154 valence electrons. The maximum Gasteiger partial charge on any atom is 0.576 e. The van der Waals surface area contributed by atoms with Crippen molar-refractivity contribution in [3.8, 4) is 11.5 Å². The summed E-state index contributed by atoms with van der Waals surface area (Å²) in [4.78, 5) is 9.54. The highest BCUT2D eigenvalue weighted by molar-refractivity contribution is 6.20. The molecule has 0 radical (unpaired) electrons. The first-order valence-corrected chi connectivity index (χ1v) is 10.5. The summed E-state index contributed by atoms with van der Waals surface area (Å²) in [6.45, 7) is 8.58. The fourth-order valence-corrected chi connectivity index (χ4v) is 3.83. The van der Waals surface area contributed by atoms with Crippen LogP contribution in [0.2, 0.25) is 0 Å². The molecule has 0 saturated carbocycles. The smallest absolute Gasteiger partial charge is 0.528 e. The molecule has 0 aromatic heterocycles. The minimum absolute atomic E-state index is 0.207. The predicted octanol–water partition coefficient (Wildman–Crippen LogP) is 1.91. The first-order chi connectivity index (χ1) is 14.2. The van der Waals surface area contributed by atoms with Crippen molar-refractivity contribution in [2.75, 3.05) is 76.3 Å².